The van der Waals surface area contributed by atoms with Gasteiger partial charge in [0.05, 0.1) is 6.61 Å². The van der Waals surface area contributed by atoms with Gasteiger partial charge in [0.25, 0.3) is 0 Å². The number of morpholine rings is 1. The maximum atomic E-state index is 13.5. The second-order valence-corrected chi connectivity index (χ2v) is 4.44. The van der Waals surface area contributed by atoms with Gasteiger partial charge in [-0.05, 0) is 18.2 Å². The number of hydrogen-bond acceptors (Lipinski definition) is 3. The third kappa shape index (κ3) is 3.48. The van der Waals surface area contributed by atoms with E-state index in [-0.39, 0.29) is 18.0 Å². The zero-order chi connectivity index (χ0) is 13.8. The lowest BCUT2D eigenvalue weighted by Crippen LogP contribution is -2.48. The SMILES string of the molecule is CNC(=O)C1CN(Cc2cc(F)ccc2F)CCO1. The fourth-order valence-corrected chi connectivity index (χ4v) is 2.07. The van der Waals surface area contributed by atoms with Crippen LogP contribution in [0.2, 0.25) is 0 Å². The molecular formula is C13H16F2N2O2. The molecule has 1 atom stereocenters. The summed E-state index contributed by atoms with van der Waals surface area (Å²) in [6.45, 7) is 1.62. The minimum absolute atomic E-state index is 0.204. The van der Waals surface area contributed by atoms with Crippen LogP contribution in [0.1, 0.15) is 5.56 Å². The molecule has 1 heterocycles. The predicted octanol–water partition coefficient (Wildman–Crippen LogP) is 0.912. The first kappa shape index (κ1) is 13.9. The number of carbonyl (C=O) groups excluding carboxylic acids is 1. The Morgan fingerprint density at radius 1 is 1.53 bits per heavy atom. The van der Waals surface area contributed by atoms with E-state index in [1.165, 1.54) is 13.1 Å². The van der Waals surface area contributed by atoms with Gasteiger partial charge in [-0.2, -0.15) is 0 Å². The van der Waals surface area contributed by atoms with Crippen molar-refractivity contribution in [2.45, 2.75) is 12.6 Å². The number of nitrogens with one attached hydrogen (secondary N) is 1. The minimum Gasteiger partial charge on any atom is -0.366 e. The van der Waals surface area contributed by atoms with Crippen LogP contribution in [0.5, 0.6) is 0 Å². The van der Waals surface area contributed by atoms with Crippen LogP contribution in [0.25, 0.3) is 0 Å². The largest absolute Gasteiger partial charge is 0.366 e. The van der Waals surface area contributed by atoms with E-state index in [2.05, 4.69) is 5.32 Å². The second kappa shape index (κ2) is 6.08. The molecule has 1 aliphatic heterocycles. The molecule has 19 heavy (non-hydrogen) atoms. The summed E-state index contributed by atoms with van der Waals surface area (Å²) in [5, 5.41) is 2.51. The molecule has 0 aliphatic carbocycles. The molecular weight excluding hydrogens is 254 g/mol. The van der Waals surface area contributed by atoms with Gasteiger partial charge in [-0.3, -0.25) is 9.69 Å². The number of halogens is 2. The smallest absolute Gasteiger partial charge is 0.250 e. The summed E-state index contributed by atoms with van der Waals surface area (Å²) in [6, 6.07) is 3.38. The maximum absolute atomic E-state index is 13.5. The van der Waals surface area contributed by atoms with Crippen molar-refractivity contribution in [1.29, 1.82) is 0 Å². The first-order valence-corrected chi connectivity index (χ1v) is 6.09. The first-order chi connectivity index (χ1) is 9.10. The van der Waals surface area contributed by atoms with Crippen molar-refractivity contribution in [3.05, 3.63) is 35.4 Å². The number of nitrogens with zero attached hydrogens (tertiary/aromatic N) is 1. The number of hydrogen-bond donors (Lipinski definition) is 1. The fraction of sp³-hybridized carbons (Fsp3) is 0.462. The maximum Gasteiger partial charge on any atom is 0.250 e. The van der Waals surface area contributed by atoms with E-state index in [1.807, 2.05) is 4.90 Å². The molecule has 1 unspecified atom stereocenters. The summed E-state index contributed by atoms with van der Waals surface area (Å²) < 4.78 is 32.0. The van der Waals surface area contributed by atoms with Crippen molar-refractivity contribution >= 4 is 5.91 Å². The quantitative estimate of drug-likeness (QED) is 0.887. The molecule has 1 amide bonds. The number of carbonyl (C=O) groups is 1. The molecule has 104 valence electrons. The highest BCUT2D eigenvalue weighted by Gasteiger charge is 2.26. The van der Waals surface area contributed by atoms with Crippen LogP contribution in [0, 0.1) is 11.6 Å². The first-order valence-electron chi connectivity index (χ1n) is 6.09. The minimum atomic E-state index is -0.560. The van der Waals surface area contributed by atoms with Gasteiger partial charge < -0.3 is 10.1 Å². The zero-order valence-corrected chi connectivity index (χ0v) is 10.7. The van der Waals surface area contributed by atoms with E-state index in [4.69, 9.17) is 4.74 Å². The van der Waals surface area contributed by atoms with Crippen LogP contribution in [-0.2, 0) is 16.1 Å². The van der Waals surface area contributed by atoms with Crippen LogP contribution in [-0.4, -0.2) is 43.7 Å². The lowest BCUT2D eigenvalue weighted by molar-refractivity contribution is -0.138. The average Bonchev–Trinajstić information content (AvgIpc) is 2.42. The summed E-state index contributed by atoms with van der Waals surface area (Å²) in [7, 11) is 1.54. The van der Waals surface area contributed by atoms with Gasteiger partial charge in [-0.15, -0.1) is 0 Å². The van der Waals surface area contributed by atoms with E-state index >= 15 is 0 Å². The monoisotopic (exact) mass is 270 g/mol. The molecule has 0 bridgehead atoms. The third-order valence-corrected chi connectivity index (χ3v) is 3.09. The predicted molar refractivity (Wildman–Crippen MR) is 65.4 cm³/mol. The molecule has 0 aromatic heterocycles. The van der Waals surface area contributed by atoms with E-state index in [0.29, 0.717) is 19.7 Å². The summed E-state index contributed by atoms with van der Waals surface area (Å²) in [5.41, 5.74) is 0.289. The summed E-state index contributed by atoms with van der Waals surface area (Å²) in [5.74, 6) is -1.11. The Hall–Kier alpha value is -1.53. The topological polar surface area (TPSA) is 41.6 Å². The van der Waals surface area contributed by atoms with Gasteiger partial charge in [-0.1, -0.05) is 0 Å². The van der Waals surface area contributed by atoms with Crippen molar-refractivity contribution < 1.29 is 18.3 Å². The Bertz CT molecular complexity index is 468. The molecule has 1 aromatic carbocycles. The summed E-state index contributed by atoms with van der Waals surface area (Å²) in [6.07, 6.45) is -0.560. The molecule has 0 radical (unpaired) electrons. The number of rotatable bonds is 3. The van der Waals surface area contributed by atoms with E-state index < -0.39 is 17.7 Å². The summed E-state index contributed by atoms with van der Waals surface area (Å²) >= 11 is 0. The molecule has 1 aromatic rings. The Balaban J connectivity index is 2.02. The van der Waals surface area contributed by atoms with Crippen LogP contribution < -0.4 is 5.32 Å². The molecule has 6 heteroatoms. The Morgan fingerprint density at radius 3 is 3.05 bits per heavy atom. The van der Waals surface area contributed by atoms with Crippen molar-refractivity contribution in [2.24, 2.45) is 0 Å². The van der Waals surface area contributed by atoms with Crippen LogP contribution in [0.3, 0.4) is 0 Å². The standard InChI is InChI=1S/C13H16F2N2O2/c1-16-13(18)12-8-17(4-5-19-12)7-9-6-10(14)2-3-11(9)15/h2-3,6,12H,4-5,7-8H2,1H3,(H,16,18). The van der Waals surface area contributed by atoms with E-state index in [1.54, 1.807) is 0 Å². The Morgan fingerprint density at radius 2 is 2.32 bits per heavy atom. The molecule has 1 saturated heterocycles. The van der Waals surface area contributed by atoms with Gasteiger partial charge in [0.1, 0.15) is 17.7 Å². The normalized spacial score (nSPS) is 20.3. The average molecular weight is 270 g/mol. The molecule has 1 aliphatic rings. The number of amides is 1. The second-order valence-electron chi connectivity index (χ2n) is 4.44. The van der Waals surface area contributed by atoms with Crippen molar-refractivity contribution in [3.63, 3.8) is 0 Å². The van der Waals surface area contributed by atoms with Gasteiger partial charge >= 0.3 is 0 Å². The molecule has 0 spiro atoms. The molecule has 2 rings (SSSR count). The van der Waals surface area contributed by atoms with Crippen LogP contribution in [0.15, 0.2) is 18.2 Å². The van der Waals surface area contributed by atoms with Gasteiger partial charge in [0.2, 0.25) is 5.91 Å². The zero-order valence-electron chi connectivity index (χ0n) is 10.7. The molecule has 1 N–H and O–H groups in total. The van der Waals surface area contributed by atoms with Gasteiger partial charge in [-0.25, -0.2) is 8.78 Å². The van der Waals surface area contributed by atoms with Crippen molar-refractivity contribution in [2.75, 3.05) is 26.7 Å². The molecule has 4 nitrogen and oxygen atoms in total. The van der Waals surface area contributed by atoms with Crippen LogP contribution >= 0.6 is 0 Å². The fourth-order valence-electron chi connectivity index (χ4n) is 2.07. The van der Waals surface area contributed by atoms with Crippen molar-refractivity contribution in [1.82, 2.24) is 10.2 Å². The lowest BCUT2D eigenvalue weighted by atomic mass is 10.1. The number of benzene rings is 1. The third-order valence-electron chi connectivity index (χ3n) is 3.09. The number of likely N-dealkylation sites (N-methyl/N-ethyl adjacent to an activating group) is 1. The Labute approximate surface area is 110 Å². The highest BCUT2D eigenvalue weighted by Crippen LogP contribution is 2.15. The lowest BCUT2D eigenvalue weighted by Gasteiger charge is -2.31. The summed E-state index contributed by atoms with van der Waals surface area (Å²) in [4.78, 5) is 13.4. The van der Waals surface area contributed by atoms with Gasteiger partial charge in [0, 0.05) is 32.2 Å². The van der Waals surface area contributed by atoms with Crippen molar-refractivity contribution in [3.8, 4) is 0 Å². The Kier molecular flexibility index (Phi) is 4.44. The highest BCUT2D eigenvalue weighted by atomic mass is 19.1. The van der Waals surface area contributed by atoms with E-state index in [9.17, 15) is 13.6 Å². The highest BCUT2D eigenvalue weighted by molar-refractivity contribution is 5.80. The van der Waals surface area contributed by atoms with Crippen LogP contribution in [0.4, 0.5) is 8.78 Å². The van der Waals surface area contributed by atoms with E-state index in [0.717, 1.165) is 12.1 Å². The molecule has 1 fully saturated rings. The molecule has 0 saturated carbocycles. The number of ether oxygens (including phenoxy) is 1. The van der Waals surface area contributed by atoms with Gasteiger partial charge in [0.15, 0.2) is 0 Å².